The lowest BCUT2D eigenvalue weighted by molar-refractivity contribution is 0.626. The van der Waals surface area contributed by atoms with Crippen molar-refractivity contribution in [1.82, 2.24) is 14.8 Å². The molecule has 0 spiro atoms. The summed E-state index contributed by atoms with van der Waals surface area (Å²) in [4.78, 5) is 27.0. The zero-order valence-corrected chi connectivity index (χ0v) is 10.7. The zero-order chi connectivity index (χ0) is 13.7. The summed E-state index contributed by atoms with van der Waals surface area (Å²) in [6.07, 6.45) is 2.72. The summed E-state index contributed by atoms with van der Waals surface area (Å²) < 4.78 is 1.26. The summed E-state index contributed by atoms with van der Waals surface area (Å²) in [7, 11) is 0. The minimum Gasteiger partial charge on any atom is -0.370 e. The molecular weight excluding hydrogens is 244 g/mol. The third-order valence-corrected chi connectivity index (χ3v) is 2.61. The Labute approximate surface area is 110 Å². The molecule has 2 N–H and O–H groups in total. The molecule has 2 aromatic heterocycles. The van der Waals surface area contributed by atoms with E-state index in [1.54, 1.807) is 6.20 Å². The first-order valence-corrected chi connectivity index (χ1v) is 6.18. The predicted octanol–water partition coefficient (Wildman–Crippen LogP) is 0.802. The normalized spacial score (nSPS) is 10.4. The zero-order valence-electron chi connectivity index (χ0n) is 10.7. The molecule has 0 amide bonds. The molecule has 6 nitrogen and oxygen atoms in total. The average Bonchev–Trinajstić information content (AvgIpc) is 2.42. The highest BCUT2D eigenvalue weighted by molar-refractivity contribution is 5.35. The fourth-order valence-electron chi connectivity index (χ4n) is 1.64. The Kier molecular flexibility index (Phi) is 4.12. The molecule has 0 aliphatic rings. The van der Waals surface area contributed by atoms with Crippen molar-refractivity contribution >= 4 is 5.82 Å². The van der Waals surface area contributed by atoms with Gasteiger partial charge in [0.2, 0.25) is 0 Å². The molecular formula is C13H16N4O2. The molecule has 0 saturated heterocycles. The number of aromatic amines is 1. The van der Waals surface area contributed by atoms with Gasteiger partial charge in [-0.2, -0.15) is 0 Å². The van der Waals surface area contributed by atoms with Gasteiger partial charge in [0.05, 0.1) is 6.54 Å². The second kappa shape index (κ2) is 5.99. The number of aromatic nitrogens is 3. The Morgan fingerprint density at radius 1 is 1.26 bits per heavy atom. The van der Waals surface area contributed by atoms with Crippen molar-refractivity contribution in [3.05, 3.63) is 56.7 Å². The number of nitrogens with zero attached hydrogens (tertiary/aromatic N) is 2. The number of pyridine rings is 1. The number of H-pyrrole nitrogens is 1. The van der Waals surface area contributed by atoms with Crippen molar-refractivity contribution in [1.29, 1.82) is 0 Å². The van der Waals surface area contributed by atoms with E-state index in [2.05, 4.69) is 22.3 Å². The van der Waals surface area contributed by atoms with Crippen molar-refractivity contribution < 1.29 is 0 Å². The molecule has 2 heterocycles. The maximum atomic E-state index is 11.5. The molecule has 0 aliphatic carbocycles. The smallest absolute Gasteiger partial charge is 0.265 e. The van der Waals surface area contributed by atoms with Crippen LogP contribution in [0.25, 0.3) is 0 Å². The third kappa shape index (κ3) is 3.54. The monoisotopic (exact) mass is 260 g/mol. The summed E-state index contributed by atoms with van der Waals surface area (Å²) in [5.74, 6) is 0.805. The summed E-state index contributed by atoms with van der Waals surface area (Å²) in [5, 5.41) is 5.65. The van der Waals surface area contributed by atoms with Gasteiger partial charge in [0, 0.05) is 24.9 Å². The molecule has 6 heteroatoms. The number of hydrogen-bond donors (Lipinski definition) is 2. The molecule has 0 bridgehead atoms. The van der Waals surface area contributed by atoms with Crippen molar-refractivity contribution in [2.45, 2.75) is 19.9 Å². The second-order valence-electron chi connectivity index (χ2n) is 4.21. The van der Waals surface area contributed by atoms with Gasteiger partial charge in [0.25, 0.3) is 11.1 Å². The SMILES string of the molecule is CCCNc1ccc(Cn2[nH]c(=O)ccc2=O)cn1. The van der Waals surface area contributed by atoms with E-state index in [-0.39, 0.29) is 11.1 Å². The maximum absolute atomic E-state index is 11.5. The molecule has 100 valence electrons. The van der Waals surface area contributed by atoms with Gasteiger partial charge in [-0.05, 0) is 18.1 Å². The third-order valence-electron chi connectivity index (χ3n) is 2.61. The van der Waals surface area contributed by atoms with E-state index in [1.165, 1.54) is 16.8 Å². The van der Waals surface area contributed by atoms with E-state index in [1.807, 2.05) is 12.1 Å². The van der Waals surface area contributed by atoms with E-state index in [0.29, 0.717) is 6.54 Å². The van der Waals surface area contributed by atoms with E-state index in [4.69, 9.17) is 0 Å². The van der Waals surface area contributed by atoms with Crippen molar-refractivity contribution in [2.24, 2.45) is 0 Å². The molecule has 0 radical (unpaired) electrons. The van der Waals surface area contributed by atoms with Gasteiger partial charge in [-0.1, -0.05) is 13.0 Å². The highest BCUT2D eigenvalue weighted by Crippen LogP contribution is 2.05. The summed E-state index contributed by atoms with van der Waals surface area (Å²) in [6.45, 7) is 3.26. The van der Waals surface area contributed by atoms with Gasteiger partial charge in [-0.25, -0.2) is 9.67 Å². The van der Waals surface area contributed by atoms with Gasteiger partial charge in [-0.15, -0.1) is 0 Å². The fraction of sp³-hybridized carbons (Fsp3) is 0.308. The van der Waals surface area contributed by atoms with Crippen LogP contribution in [0.1, 0.15) is 18.9 Å². The molecule has 0 aromatic carbocycles. The quantitative estimate of drug-likeness (QED) is 0.833. The molecule has 2 rings (SSSR count). The lowest BCUT2D eigenvalue weighted by Gasteiger charge is -2.06. The summed E-state index contributed by atoms with van der Waals surface area (Å²) in [5.41, 5.74) is 0.313. The minimum absolute atomic E-state index is 0.243. The predicted molar refractivity (Wildman–Crippen MR) is 73.4 cm³/mol. The standard InChI is InChI=1S/C13H16N4O2/c1-2-7-14-11-4-3-10(8-15-11)9-17-13(19)6-5-12(18)16-17/h3-6,8H,2,7,9H2,1H3,(H,14,15)(H,16,18). The Hall–Kier alpha value is -2.37. The van der Waals surface area contributed by atoms with E-state index < -0.39 is 0 Å². The maximum Gasteiger partial charge on any atom is 0.265 e. The van der Waals surface area contributed by atoms with Crippen LogP contribution in [0.5, 0.6) is 0 Å². The van der Waals surface area contributed by atoms with Gasteiger partial charge in [0.1, 0.15) is 5.82 Å². The molecule has 0 fully saturated rings. The molecule has 0 aliphatic heterocycles. The van der Waals surface area contributed by atoms with Crippen LogP contribution in [0.15, 0.2) is 40.1 Å². The summed E-state index contributed by atoms with van der Waals surface area (Å²) in [6, 6.07) is 6.21. The first-order valence-electron chi connectivity index (χ1n) is 6.18. The van der Waals surface area contributed by atoms with Crippen LogP contribution < -0.4 is 16.4 Å². The number of hydrogen-bond acceptors (Lipinski definition) is 4. The summed E-state index contributed by atoms with van der Waals surface area (Å²) >= 11 is 0. The van der Waals surface area contributed by atoms with E-state index >= 15 is 0 Å². The Morgan fingerprint density at radius 2 is 2.11 bits per heavy atom. The van der Waals surface area contributed by atoms with Crippen LogP contribution in [0.2, 0.25) is 0 Å². The van der Waals surface area contributed by atoms with Gasteiger partial charge in [0.15, 0.2) is 0 Å². The topological polar surface area (TPSA) is 79.8 Å². The van der Waals surface area contributed by atoms with E-state index in [0.717, 1.165) is 24.3 Å². The first kappa shape index (κ1) is 13.1. The lowest BCUT2D eigenvalue weighted by atomic mass is 10.3. The Bertz CT molecular complexity index is 643. The molecule has 0 unspecified atom stereocenters. The van der Waals surface area contributed by atoms with Crippen molar-refractivity contribution in [2.75, 3.05) is 11.9 Å². The first-order chi connectivity index (χ1) is 9.19. The molecule has 0 atom stereocenters. The average molecular weight is 260 g/mol. The van der Waals surface area contributed by atoms with Gasteiger partial charge >= 0.3 is 0 Å². The van der Waals surface area contributed by atoms with Crippen molar-refractivity contribution in [3.63, 3.8) is 0 Å². The van der Waals surface area contributed by atoms with Gasteiger partial charge < -0.3 is 5.32 Å². The number of anilines is 1. The van der Waals surface area contributed by atoms with Crippen LogP contribution in [0.3, 0.4) is 0 Å². The van der Waals surface area contributed by atoms with Gasteiger partial charge in [-0.3, -0.25) is 14.7 Å². The number of nitrogens with one attached hydrogen (secondary N) is 2. The molecule has 19 heavy (non-hydrogen) atoms. The van der Waals surface area contributed by atoms with Crippen molar-refractivity contribution in [3.8, 4) is 0 Å². The fourth-order valence-corrected chi connectivity index (χ4v) is 1.64. The largest absolute Gasteiger partial charge is 0.370 e. The van der Waals surface area contributed by atoms with Crippen LogP contribution in [-0.2, 0) is 6.54 Å². The highest BCUT2D eigenvalue weighted by Gasteiger charge is 2.00. The second-order valence-corrected chi connectivity index (χ2v) is 4.21. The Balaban J connectivity index is 2.13. The molecule has 2 aromatic rings. The van der Waals surface area contributed by atoms with Crippen LogP contribution in [0, 0.1) is 0 Å². The highest BCUT2D eigenvalue weighted by atomic mass is 16.1. The van der Waals surface area contributed by atoms with E-state index in [9.17, 15) is 9.59 Å². The van der Waals surface area contributed by atoms with Crippen LogP contribution in [-0.4, -0.2) is 21.3 Å². The molecule has 0 saturated carbocycles. The van der Waals surface area contributed by atoms with Crippen LogP contribution in [0.4, 0.5) is 5.82 Å². The Morgan fingerprint density at radius 3 is 2.79 bits per heavy atom. The number of rotatable bonds is 5. The lowest BCUT2D eigenvalue weighted by Crippen LogP contribution is -2.28. The van der Waals surface area contributed by atoms with Crippen LogP contribution >= 0.6 is 0 Å². The minimum atomic E-state index is -0.297.